The van der Waals surface area contributed by atoms with Crippen LogP contribution in [0.3, 0.4) is 0 Å². The zero-order valence-electron chi connectivity index (χ0n) is 15.4. The van der Waals surface area contributed by atoms with E-state index in [0.29, 0.717) is 12.2 Å². The fourth-order valence-electron chi connectivity index (χ4n) is 3.14. The predicted octanol–water partition coefficient (Wildman–Crippen LogP) is 3.42. The van der Waals surface area contributed by atoms with Crippen LogP contribution in [0.4, 0.5) is 11.6 Å². The smallest absolute Gasteiger partial charge is 0.252 e. The van der Waals surface area contributed by atoms with Crippen molar-refractivity contribution < 1.29 is 9.90 Å². The molecule has 26 heavy (non-hydrogen) atoms. The minimum Gasteiger partial charge on any atom is -0.396 e. The number of hydrogen-bond acceptors (Lipinski definition) is 5. The van der Waals surface area contributed by atoms with Crippen molar-refractivity contribution in [2.24, 2.45) is 0 Å². The highest BCUT2D eigenvalue weighted by Crippen LogP contribution is 2.26. The number of rotatable bonds is 6. The number of hydrogen-bond donors (Lipinski definition) is 3. The number of aliphatic hydroxyl groups excluding tert-OH is 1. The van der Waals surface area contributed by atoms with Crippen molar-refractivity contribution in [2.75, 3.05) is 17.2 Å². The number of carbonyl (C=O) groups is 1. The molecule has 138 valence electrons. The maximum atomic E-state index is 12.4. The Morgan fingerprint density at radius 3 is 2.85 bits per heavy atom. The van der Waals surface area contributed by atoms with Crippen LogP contribution in [0.2, 0.25) is 0 Å². The molecule has 1 aliphatic carbocycles. The van der Waals surface area contributed by atoms with Crippen molar-refractivity contribution in [1.82, 2.24) is 9.97 Å². The molecule has 0 spiro atoms. The van der Waals surface area contributed by atoms with E-state index >= 15 is 0 Å². The van der Waals surface area contributed by atoms with Crippen LogP contribution >= 0.6 is 0 Å². The molecule has 0 atom stereocenters. The molecule has 0 saturated carbocycles. The Hall–Kier alpha value is -2.47. The van der Waals surface area contributed by atoms with Gasteiger partial charge in [0.2, 0.25) is 0 Å². The summed E-state index contributed by atoms with van der Waals surface area (Å²) in [7, 11) is 0. The Balaban J connectivity index is 1.92. The third kappa shape index (κ3) is 4.38. The first kappa shape index (κ1) is 18.3. The normalized spacial score (nSPS) is 14.4. The lowest BCUT2D eigenvalue weighted by Crippen LogP contribution is -2.17. The topological polar surface area (TPSA) is 87.1 Å². The lowest BCUT2D eigenvalue weighted by Gasteiger charge is -2.15. The molecule has 0 fully saturated rings. The van der Waals surface area contributed by atoms with E-state index in [1.165, 1.54) is 0 Å². The number of aromatic nitrogens is 2. The fourth-order valence-corrected chi connectivity index (χ4v) is 3.14. The quantitative estimate of drug-likeness (QED) is 0.740. The number of anilines is 2. The summed E-state index contributed by atoms with van der Waals surface area (Å²) in [6, 6.07) is 4.00. The van der Waals surface area contributed by atoms with E-state index in [-0.39, 0.29) is 18.6 Å². The molecule has 0 radical (unpaired) electrons. The summed E-state index contributed by atoms with van der Waals surface area (Å²) in [5.74, 6) is 1.20. The highest BCUT2D eigenvalue weighted by atomic mass is 16.3. The molecular formula is C20H26N4O2. The van der Waals surface area contributed by atoms with Crippen molar-refractivity contribution in [3.05, 3.63) is 35.7 Å². The van der Waals surface area contributed by atoms with Crippen LogP contribution in [0.1, 0.15) is 45.2 Å². The number of carbonyl (C=O) groups excluding carboxylic acids is 1. The highest BCUT2D eigenvalue weighted by Gasteiger charge is 2.14. The number of pyridine rings is 2. The first-order chi connectivity index (χ1) is 12.6. The third-order valence-corrected chi connectivity index (χ3v) is 4.38. The van der Waals surface area contributed by atoms with Gasteiger partial charge in [0.1, 0.15) is 11.6 Å². The molecule has 1 aliphatic rings. The lowest BCUT2D eigenvalue weighted by atomic mass is 9.99. The Morgan fingerprint density at radius 1 is 1.31 bits per heavy atom. The molecule has 0 aliphatic heterocycles. The predicted molar refractivity (Wildman–Crippen MR) is 104 cm³/mol. The molecule has 1 amide bonds. The molecule has 6 heteroatoms. The minimum atomic E-state index is -0.0696. The lowest BCUT2D eigenvalue weighted by molar-refractivity contribution is -0.113. The molecule has 0 saturated heterocycles. The molecule has 0 unspecified atom stereocenters. The van der Waals surface area contributed by atoms with Crippen LogP contribution in [-0.4, -0.2) is 33.6 Å². The Bertz CT molecular complexity index is 830. The van der Waals surface area contributed by atoms with Gasteiger partial charge in [-0.05, 0) is 51.7 Å². The SMILES string of the molecule is CC(C)Nc1nc(CCO)cc2cnc(NC(=O)C3=CCCCC3)cc12. The Kier molecular flexibility index (Phi) is 5.83. The van der Waals surface area contributed by atoms with Gasteiger partial charge in [-0.1, -0.05) is 6.08 Å². The van der Waals surface area contributed by atoms with Crippen LogP contribution in [0.5, 0.6) is 0 Å². The summed E-state index contributed by atoms with van der Waals surface area (Å²) in [6.07, 6.45) is 8.26. The van der Waals surface area contributed by atoms with E-state index in [9.17, 15) is 9.90 Å². The molecule has 2 aromatic heterocycles. The summed E-state index contributed by atoms with van der Waals surface area (Å²) >= 11 is 0. The number of fused-ring (bicyclic) bond motifs is 1. The second-order valence-corrected chi connectivity index (χ2v) is 6.95. The summed E-state index contributed by atoms with van der Waals surface area (Å²) in [6.45, 7) is 4.15. The van der Waals surface area contributed by atoms with Gasteiger partial charge in [0, 0.05) is 47.3 Å². The Morgan fingerprint density at radius 2 is 2.15 bits per heavy atom. The second-order valence-electron chi connectivity index (χ2n) is 6.95. The highest BCUT2D eigenvalue weighted by molar-refractivity contribution is 6.04. The van der Waals surface area contributed by atoms with E-state index in [4.69, 9.17) is 0 Å². The van der Waals surface area contributed by atoms with Crippen molar-refractivity contribution in [1.29, 1.82) is 0 Å². The van der Waals surface area contributed by atoms with Crippen molar-refractivity contribution >= 4 is 28.3 Å². The van der Waals surface area contributed by atoms with Crippen LogP contribution in [0.25, 0.3) is 10.8 Å². The van der Waals surface area contributed by atoms with Gasteiger partial charge >= 0.3 is 0 Å². The summed E-state index contributed by atoms with van der Waals surface area (Å²) in [4.78, 5) is 21.4. The Labute approximate surface area is 153 Å². The summed E-state index contributed by atoms with van der Waals surface area (Å²) < 4.78 is 0. The van der Waals surface area contributed by atoms with Crippen molar-refractivity contribution in [3.8, 4) is 0 Å². The molecule has 3 rings (SSSR count). The van der Waals surface area contributed by atoms with E-state index in [1.54, 1.807) is 6.20 Å². The fraction of sp³-hybridized carbons (Fsp3) is 0.450. The molecule has 2 aromatic rings. The summed E-state index contributed by atoms with van der Waals surface area (Å²) in [5, 5.41) is 17.3. The van der Waals surface area contributed by atoms with Gasteiger partial charge in [0.05, 0.1) is 0 Å². The van der Waals surface area contributed by atoms with Crippen LogP contribution < -0.4 is 10.6 Å². The molecule has 3 N–H and O–H groups in total. The van der Waals surface area contributed by atoms with Crippen LogP contribution in [0, 0.1) is 0 Å². The number of allylic oxidation sites excluding steroid dienone is 1. The first-order valence-electron chi connectivity index (χ1n) is 9.24. The van der Waals surface area contributed by atoms with Crippen molar-refractivity contribution in [3.63, 3.8) is 0 Å². The number of amides is 1. The molecule has 2 heterocycles. The average Bonchev–Trinajstić information content (AvgIpc) is 2.63. The van der Waals surface area contributed by atoms with E-state index in [0.717, 1.165) is 53.5 Å². The third-order valence-electron chi connectivity index (χ3n) is 4.38. The van der Waals surface area contributed by atoms with Gasteiger partial charge in [-0.3, -0.25) is 4.79 Å². The van der Waals surface area contributed by atoms with Gasteiger partial charge in [0.15, 0.2) is 0 Å². The van der Waals surface area contributed by atoms with Gasteiger partial charge in [-0.15, -0.1) is 0 Å². The number of aliphatic hydroxyl groups is 1. The molecule has 0 aromatic carbocycles. The molecule has 0 bridgehead atoms. The second kappa shape index (κ2) is 8.27. The van der Waals surface area contributed by atoms with E-state index in [1.807, 2.05) is 32.1 Å². The first-order valence-corrected chi connectivity index (χ1v) is 9.24. The zero-order valence-corrected chi connectivity index (χ0v) is 15.4. The van der Waals surface area contributed by atoms with Crippen LogP contribution in [-0.2, 0) is 11.2 Å². The minimum absolute atomic E-state index is 0.0519. The van der Waals surface area contributed by atoms with Crippen molar-refractivity contribution in [2.45, 2.75) is 52.0 Å². The van der Waals surface area contributed by atoms with Gasteiger partial charge in [0.25, 0.3) is 5.91 Å². The van der Waals surface area contributed by atoms with Gasteiger partial charge in [-0.25, -0.2) is 9.97 Å². The van der Waals surface area contributed by atoms with Gasteiger partial charge < -0.3 is 15.7 Å². The van der Waals surface area contributed by atoms with E-state index < -0.39 is 0 Å². The number of nitrogens with one attached hydrogen (secondary N) is 2. The largest absolute Gasteiger partial charge is 0.396 e. The molecular weight excluding hydrogens is 328 g/mol. The van der Waals surface area contributed by atoms with Gasteiger partial charge in [-0.2, -0.15) is 0 Å². The number of nitrogens with zero attached hydrogens (tertiary/aromatic N) is 2. The van der Waals surface area contributed by atoms with E-state index in [2.05, 4.69) is 20.6 Å². The average molecular weight is 354 g/mol. The monoisotopic (exact) mass is 354 g/mol. The molecule has 6 nitrogen and oxygen atoms in total. The maximum absolute atomic E-state index is 12.4. The standard InChI is InChI=1S/C20H26N4O2/c1-13(2)22-19-17-11-18(24-20(26)14-6-4-3-5-7-14)21-12-15(17)10-16(23-19)8-9-25/h6,10-13,25H,3-5,7-9H2,1-2H3,(H,22,23)(H,21,24,26). The van der Waals surface area contributed by atoms with Crippen LogP contribution in [0.15, 0.2) is 30.0 Å². The maximum Gasteiger partial charge on any atom is 0.252 e. The zero-order chi connectivity index (χ0) is 18.5. The summed E-state index contributed by atoms with van der Waals surface area (Å²) in [5.41, 5.74) is 1.66.